The summed E-state index contributed by atoms with van der Waals surface area (Å²) < 4.78 is 5.23. The zero-order chi connectivity index (χ0) is 13.2. The van der Waals surface area contributed by atoms with E-state index in [1.54, 1.807) is 18.2 Å². The fourth-order valence-corrected chi connectivity index (χ4v) is 2.33. The average Bonchev–Trinajstić information content (AvgIpc) is 2.47. The summed E-state index contributed by atoms with van der Waals surface area (Å²) in [5.41, 5.74) is 2.01. The summed E-state index contributed by atoms with van der Waals surface area (Å²) >= 11 is 0. The van der Waals surface area contributed by atoms with Crippen molar-refractivity contribution in [3.05, 3.63) is 48.2 Å². The highest BCUT2D eigenvalue weighted by Crippen LogP contribution is 2.35. The standard InChI is InChI=1S/C15H14N2O2/c1-19-12-6-7-13-11(10-12)5-8-15(18)17(13)14-4-2-3-9-16-14/h2-4,6-7,9-10H,5,8H2,1H3. The van der Waals surface area contributed by atoms with Crippen LogP contribution in [0.5, 0.6) is 5.75 Å². The number of pyridine rings is 1. The van der Waals surface area contributed by atoms with E-state index in [0.717, 1.165) is 23.4 Å². The van der Waals surface area contributed by atoms with E-state index in [0.29, 0.717) is 12.2 Å². The number of hydrogen-bond donors (Lipinski definition) is 0. The number of fused-ring (bicyclic) bond motifs is 1. The number of hydrogen-bond acceptors (Lipinski definition) is 3. The molecule has 0 saturated carbocycles. The van der Waals surface area contributed by atoms with Crippen molar-refractivity contribution in [2.75, 3.05) is 12.0 Å². The lowest BCUT2D eigenvalue weighted by molar-refractivity contribution is -0.118. The number of carbonyl (C=O) groups is 1. The van der Waals surface area contributed by atoms with Crippen LogP contribution in [0.1, 0.15) is 12.0 Å². The normalized spacial score (nSPS) is 14.2. The number of aryl methyl sites for hydroxylation is 1. The molecular weight excluding hydrogens is 240 g/mol. The van der Waals surface area contributed by atoms with Crippen LogP contribution in [0.4, 0.5) is 11.5 Å². The number of amides is 1. The van der Waals surface area contributed by atoms with Gasteiger partial charge in [-0.2, -0.15) is 0 Å². The Morgan fingerprint density at radius 1 is 1.21 bits per heavy atom. The van der Waals surface area contributed by atoms with Crippen molar-refractivity contribution in [3.8, 4) is 5.75 Å². The van der Waals surface area contributed by atoms with Crippen LogP contribution in [0.3, 0.4) is 0 Å². The van der Waals surface area contributed by atoms with Gasteiger partial charge in [-0.05, 0) is 42.3 Å². The molecule has 0 radical (unpaired) electrons. The van der Waals surface area contributed by atoms with E-state index in [1.807, 2.05) is 36.4 Å². The van der Waals surface area contributed by atoms with E-state index < -0.39 is 0 Å². The van der Waals surface area contributed by atoms with Crippen molar-refractivity contribution in [2.45, 2.75) is 12.8 Å². The summed E-state index contributed by atoms with van der Waals surface area (Å²) in [5.74, 6) is 1.56. The molecule has 2 heterocycles. The van der Waals surface area contributed by atoms with Gasteiger partial charge in [0.15, 0.2) is 0 Å². The molecular formula is C15H14N2O2. The van der Waals surface area contributed by atoms with Gasteiger partial charge in [-0.1, -0.05) is 6.07 Å². The first-order valence-corrected chi connectivity index (χ1v) is 6.20. The van der Waals surface area contributed by atoms with Crippen LogP contribution in [0.25, 0.3) is 0 Å². The zero-order valence-electron chi connectivity index (χ0n) is 10.7. The number of methoxy groups -OCH3 is 1. The number of aromatic nitrogens is 1. The molecule has 1 amide bonds. The van der Waals surface area contributed by atoms with Crippen molar-refractivity contribution in [3.63, 3.8) is 0 Å². The van der Waals surface area contributed by atoms with Gasteiger partial charge in [0.25, 0.3) is 0 Å². The molecule has 96 valence electrons. The van der Waals surface area contributed by atoms with Gasteiger partial charge in [-0.25, -0.2) is 4.98 Å². The number of nitrogens with zero attached hydrogens (tertiary/aromatic N) is 2. The molecule has 19 heavy (non-hydrogen) atoms. The summed E-state index contributed by atoms with van der Waals surface area (Å²) in [6.45, 7) is 0. The molecule has 0 spiro atoms. The van der Waals surface area contributed by atoms with Gasteiger partial charge in [-0.3, -0.25) is 9.69 Å². The predicted molar refractivity (Wildman–Crippen MR) is 72.7 cm³/mol. The Hall–Kier alpha value is -2.36. The molecule has 0 aliphatic carbocycles. The van der Waals surface area contributed by atoms with Crippen LogP contribution >= 0.6 is 0 Å². The Labute approximate surface area is 111 Å². The van der Waals surface area contributed by atoms with Gasteiger partial charge in [0, 0.05) is 12.6 Å². The van der Waals surface area contributed by atoms with Crippen molar-refractivity contribution in [1.82, 2.24) is 4.98 Å². The summed E-state index contributed by atoms with van der Waals surface area (Å²) in [4.78, 5) is 18.1. The van der Waals surface area contributed by atoms with Crippen molar-refractivity contribution >= 4 is 17.4 Å². The first-order valence-electron chi connectivity index (χ1n) is 6.20. The molecule has 2 aromatic rings. The van der Waals surface area contributed by atoms with Crippen molar-refractivity contribution in [1.29, 1.82) is 0 Å². The van der Waals surface area contributed by atoms with Crippen LogP contribution < -0.4 is 9.64 Å². The zero-order valence-corrected chi connectivity index (χ0v) is 10.7. The summed E-state index contributed by atoms with van der Waals surface area (Å²) in [6.07, 6.45) is 2.94. The van der Waals surface area contributed by atoms with Crippen LogP contribution in [-0.2, 0) is 11.2 Å². The number of carbonyl (C=O) groups excluding carboxylic acids is 1. The predicted octanol–water partition coefficient (Wildman–Crippen LogP) is 2.70. The molecule has 3 rings (SSSR count). The number of benzene rings is 1. The number of ether oxygens (including phenoxy) is 1. The second-order valence-corrected chi connectivity index (χ2v) is 4.41. The van der Waals surface area contributed by atoms with Crippen LogP contribution in [0, 0.1) is 0 Å². The van der Waals surface area contributed by atoms with Crippen molar-refractivity contribution < 1.29 is 9.53 Å². The summed E-state index contributed by atoms with van der Waals surface area (Å²) in [7, 11) is 1.65. The Morgan fingerprint density at radius 2 is 2.11 bits per heavy atom. The maximum atomic E-state index is 12.2. The monoisotopic (exact) mass is 254 g/mol. The number of rotatable bonds is 2. The van der Waals surface area contributed by atoms with Gasteiger partial charge >= 0.3 is 0 Å². The summed E-state index contributed by atoms with van der Waals surface area (Å²) in [6, 6.07) is 11.3. The quantitative estimate of drug-likeness (QED) is 0.827. The topological polar surface area (TPSA) is 42.4 Å². The maximum absolute atomic E-state index is 12.2. The fourth-order valence-electron chi connectivity index (χ4n) is 2.33. The van der Waals surface area contributed by atoms with Crippen LogP contribution in [-0.4, -0.2) is 18.0 Å². The third-order valence-electron chi connectivity index (χ3n) is 3.26. The van der Waals surface area contributed by atoms with E-state index in [2.05, 4.69) is 4.98 Å². The fraction of sp³-hybridized carbons (Fsp3) is 0.200. The van der Waals surface area contributed by atoms with Crippen molar-refractivity contribution in [2.24, 2.45) is 0 Å². The van der Waals surface area contributed by atoms with E-state index in [4.69, 9.17) is 4.74 Å². The smallest absolute Gasteiger partial charge is 0.233 e. The molecule has 0 saturated heterocycles. The molecule has 0 unspecified atom stereocenters. The molecule has 1 aromatic carbocycles. The lowest BCUT2D eigenvalue weighted by Crippen LogP contribution is -2.31. The van der Waals surface area contributed by atoms with Gasteiger partial charge < -0.3 is 4.74 Å². The van der Waals surface area contributed by atoms with E-state index in [-0.39, 0.29) is 5.91 Å². The molecule has 0 fully saturated rings. The molecule has 4 nitrogen and oxygen atoms in total. The molecule has 1 aliphatic rings. The van der Waals surface area contributed by atoms with Gasteiger partial charge in [0.05, 0.1) is 12.8 Å². The minimum Gasteiger partial charge on any atom is -0.497 e. The van der Waals surface area contributed by atoms with E-state index in [9.17, 15) is 4.79 Å². The van der Waals surface area contributed by atoms with E-state index >= 15 is 0 Å². The third-order valence-corrected chi connectivity index (χ3v) is 3.26. The highest BCUT2D eigenvalue weighted by atomic mass is 16.5. The second kappa shape index (κ2) is 4.72. The molecule has 0 N–H and O–H groups in total. The molecule has 4 heteroatoms. The summed E-state index contributed by atoms with van der Waals surface area (Å²) in [5, 5.41) is 0. The minimum atomic E-state index is 0.0800. The Balaban J connectivity index is 2.09. The number of anilines is 2. The molecule has 1 aromatic heterocycles. The molecule has 0 atom stereocenters. The first-order chi connectivity index (χ1) is 9.29. The highest BCUT2D eigenvalue weighted by molar-refractivity contribution is 6.02. The third kappa shape index (κ3) is 2.05. The SMILES string of the molecule is COc1ccc2c(c1)CCC(=O)N2c1ccccn1. The lowest BCUT2D eigenvalue weighted by atomic mass is 10.0. The van der Waals surface area contributed by atoms with Gasteiger partial charge in [0.2, 0.25) is 5.91 Å². The van der Waals surface area contributed by atoms with Crippen LogP contribution in [0.2, 0.25) is 0 Å². The average molecular weight is 254 g/mol. The first kappa shape index (κ1) is 11.7. The van der Waals surface area contributed by atoms with Gasteiger partial charge in [-0.15, -0.1) is 0 Å². The van der Waals surface area contributed by atoms with Gasteiger partial charge in [0.1, 0.15) is 11.6 Å². The Morgan fingerprint density at radius 3 is 2.84 bits per heavy atom. The van der Waals surface area contributed by atoms with E-state index in [1.165, 1.54) is 0 Å². The Kier molecular flexibility index (Phi) is 2.91. The minimum absolute atomic E-state index is 0.0800. The largest absolute Gasteiger partial charge is 0.497 e. The molecule has 0 bridgehead atoms. The lowest BCUT2D eigenvalue weighted by Gasteiger charge is -2.28. The Bertz CT molecular complexity index is 611. The highest BCUT2D eigenvalue weighted by Gasteiger charge is 2.26. The second-order valence-electron chi connectivity index (χ2n) is 4.41. The maximum Gasteiger partial charge on any atom is 0.233 e. The molecule has 1 aliphatic heterocycles. The van der Waals surface area contributed by atoms with Crippen LogP contribution in [0.15, 0.2) is 42.6 Å².